The van der Waals surface area contributed by atoms with Gasteiger partial charge in [0.2, 0.25) is 0 Å². The summed E-state index contributed by atoms with van der Waals surface area (Å²) in [5.41, 5.74) is -0.388. The number of ketones is 1. The van der Waals surface area contributed by atoms with Gasteiger partial charge in [-0.15, -0.1) is 0 Å². The van der Waals surface area contributed by atoms with Crippen LogP contribution in [0.15, 0.2) is 24.3 Å². The normalized spacial score (nSPS) is 31.4. The van der Waals surface area contributed by atoms with E-state index in [-0.39, 0.29) is 17.1 Å². The molecule has 4 nitrogen and oxygen atoms in total. The molecule has 1 aromatic rings. The van der Waals surface area contributed by atoms with Crippen LogP contribution in [-0.4, -0.2) is 23.8 Å². The van der Waals surface area contributed by atoms with Crippen LogP contribution in [0.2, 0.25) is 0 Å². The van der Waals surface area contributed by atoms with Crippen molar-refractivity contribution in [2.75, 3.05) is 11.9 Å². The van der Waals surface area contributed by atoms with E-state index in [9.17, 15) is 14.7 Å². The van der Waals surface area contributed by atoms with E-state index in [4.69, 9.17) is 0 Å². The molecule has 1 aliphatic carbocycles. The number of likely N-dealkylation sites (N-methyl/N-ethyl adjacent to an activating group) is 1. The van der Waals surface area contributed by atoms with Gasteiger partial charge in [-0.2, -0.15) is 0 Å². The van der Waals surface area contributed by atoms with Gasteiger partial charge >= 0.3 is 0 Å². The van der Waals surface area contributed by atoms with Gasteiger partial charge in [0.15, 0.2) is 5.60 Å². The average Bonchev–Trinajstić information content (AvgIpc) is 2.70. The maximum Gasteiger partial charge on any atom is 0.264 e. The minimum atomic E-state index is -1.72. The largest absolute Gasteiger partial charge is 0.375 e. The second kappa shape index (κ2) is 5.17. The molecular formula is C19H25NO3. The number of hydrogen-bond donors (Lipinski definition) is 1. The first-order valence-electron chi connectivity index (χ1n) is 8.30. The molecule has 3 rings (SSSR count). The molecule has 1 heterocycles. The number of anilines is 1. The molecule has 1 amide bonds. The molecule has 1 saturated carbocycles. The molecule has 0 bridgehead atoms. The SMILES string of the molecule is CN1C(=O)[C@@](O)([C@H]2C[C@@H](C(C)(C)C)CCC2=O)c2ccccc21. The van der Waals surface area contributed by atoms with Crippen molar-refractivity contribution in [2.45, 2.75) is 45.6 Å². The number of carbonyl (C=O) groups is 2. The highest BCUT2D eigenvalue weighted by atomic mass is 16.3. The predicted octanol–water partition coefficient (Wildman–Crippen LogP) is 2.88. The lowest BCUT2D eigenvalue weighted by molar-refractivity contribution is -0.154. The summed E-state index contributed by atoms with van der Waals surface area (Å²) in [4.78, 5) is 26.9. The van der Waals surface area contributed by atoms with E-state index in [1.54, 1.807) is 13.1 Å². The van der Waals surface area contributed by atoms with Crippen LogP contribution in [0.1, 0.15) is 45.6 Å². The van der Waals surface area contributed by atoms with Crippen molar-refractivity contribution < 1.29 is 14.7 Å². The highest BCUT2D eigenvalue weighted by molar-refractivity contribution is 6.09. The molecule has 0 radical (unpaired) electrons. The van der Waals surface area contributed by atoms with Crippen LogP contribution in [-0.2, 0) is 15.2 Å². The number of fused-ring (bicyclic) bond motifs is 1. The molecule has 2 aliphatic rings. The zero-order chi connectivity index (χ0) is 17.0. The highest BCUT2D eigenvalue weighted by Crippen LogP contribution is 2.50. The molecule has 0 spiro atoms. The van der Waals surface area contributed by atoms with Crippen molar-refractivity contribution in [3.05, 3.63) is 29.8 Å². The molecule has 1 N–H and O–H groups in total. The first kappa shape index (κ1) is 16.2. The predicted molar refractivity (Wildman–Crippen MR) is 89.0 cm³/mol. The van der Waals surface area contributed by atoms with Crippen LogP contribution in [0.4, 0.5) is 5.69 Å². The van der Waals surface area contributed by atoms with Gasteiger partial charge in [-0.1, -0.05) is 39.0 Å². The maximum absolute atomic E-state index is 12.8. The highest BCUT2D eigenvalue weighted by Gasteiger charge is 2.57. The summed E-state index contributed by atoms with van der Waals surface area (Å²) in [5, 5.41) is 11.3. The van der Waals surface area contributed by atoms with Crippen molar-refractivity contribution in [1.82, 2.24) is 0 Å². The summed E-state index contributed by atoms with van der Waals surface area (Å²) < 4.78 is 0. The number of rotatable bonds is 1. The fraction of sp³-hybridized carbons (Fsp3) is 0.579. The molecule has 1 aromatic carbocycles. The number of carbonyl (C=O) groups excluding carboxylic acids is 2. The number of amides is 1. The maximum atomic E-state index is 12.8. The summed E-state index contributed by atoms with van der Waals surface area (Å²) in [7, 11) is 1.66. The van der Waals surface area contributed by atoms with Crippen molar-refractivity contribution >= 4 is 17.4 Å². The first-order valence-corrected chi connectivity index (χ1v) is 8.30. The smallest absolute Gasteiger partial charge is 0.264 e. The lowest BCUT2D eigenvalue weighted by Gasteiger charge is -2.41. The fourth-order valence-corrected chi connectivity index (χ4v) is 4.12. The third kappa shape index (κ3) is 2.31. The Bertz CT molecular complexity index is 661. The van der Waals surface area contributed by atoms with Crippen LogP contribution < -0.4 is 4.90 Å². The number of aliphatic hydroxyl groups is 1. The van der Waals surface area contributed by atoms with E-state index in [0.29, 0.717) is 30.0 Å². The molecule has 1 aliphatic heterocycles. The Morgan fingerprint density at radius 2 is 1.87 bits per heavy atom. The van der Waals surface area contributed by atoms with Gasteiger partial charge in [-0.3, -0.25) is 9.59 Å². The van der Waals surface area contributed by atoms with E-state index in [2.05, 4.69) is 20.8 Å². The van der Waals surface area contributed by atoms with Crippen molar-refractivity contribution in [2.24, 2.45) is 17.3 Å². The third-order valence-electron chi connectivity index (χ3n) is 5.68. The quantitative estimate of drug-likeness (QED) is 0.867. The Morgan fingerprint density at radius 1 is 1.22 bits per heavy atom. The van der Waals surface area contributed by atoms with Gasteiger partial charge in [-0.25, -0.2) is 0 Å². The first-order chi connectivity index (χ1) is 10.7. The van der Waals surface area contributed by atoms with Crippen LogP contribution in [0.5, 0.6) is 0 Å². The Morgan fingerprint density at radius 3 is 2.52 bits per heavy atom. The van der Waals surface area contributed by atoms with E-state index in [1.165, 1.54) is 4.90 Å². The molecule has 23 heavy (non-hydrogen) atoms. The second-order valence-electron chi connectivity index (χ2n) is 8.00. The van der Waals surface area contributed by atoms with E-state index in [1.807, 2.05) is 18.2 Å². The van der Waals surface area contributed by atoms with Gasteiger partial charge in [0.05, 0.1) is 11.6 Å². The monoisotopic (exact) mass is 315 g/mol. The zero-order valence-electron chi connectivity index (χ0n) is 14.3. The standard InChI is InChI=1S/C19H25NO3/c1-18(2,3)12-9-10-16(21)14(11-12)19(23)13-7-5-6-8-15(13)20(4)17(19)22/h5-8,12,14,23H,9-11H2,1-4H3/t12-,14-,19-/m0/s1. The third-order valence-corrected chi connectivity index (χ3v) is 5.68. The fourth-order valence-electron chi connectivity index (χ4n) is 4.12. The Labute approximate surface area is 137 Å². The molecule has 0 aromatic heterocycles. The number of para-hydroxylation sites is 1. The topological polar surface area (TPSA) is 57.6 Å². The number of nitrogens with zero attached hydrogens (tertiary/aromatic N) is 1. The van der Waals surface area contributed by atoms with Crippen molar-refractivity contribution in [3.63, 3.8) is 0 Å². The van der Waals surface area contributed by atoms with Crippen LogP contribution in [0, 0.1) is 17.3 Å². The van der Waals surface area contributed by atoms with Crippen molar-refractivity contribution in [3.8, 4) is 0 Å². The summed E-state index contributed by atoms with van der Waals surface area (Å²) in [6.45, 7) is 6.47. The molecule has 0 saturated heterocycles. The van der Waals surface area contributed by atoms with Crippen LogP contribution in [0.3, 0.4) is 0 Å². The molecule has 124 valence electrons. The summed E-state index contributed by atoms with van der Waals surface area (Å²) >= 11 is 0. The Balaban J connectivity index is 2.05. The Hall–Kier alpha value is -1.68. The zero-order valence-corrected chi connectivity index (χ0v) is 14.3. The lowest BCUT2D eigenvalue weighted by Crippen LogP contribution is -2.50. The minimum Gasteiger partial charge on any atom is -0.375 e. The van der Waals surface area contributed by atoms with Gasteiger partial charge < -0.3 is 10.0 Å². The number of hydrogen-bond acceptors (Lipinski definition) is 3. The molecule has 1 fully saturated rings. The summed E-state index contributed by atoms with van der Waals surface area (Å²) in [6, 6.07) is 7.24. The molecule has 0 unspecified atom stereocenters. The number of benzene rings is 1. The van der Waals surface area contributed by atoms with Crippen molar-refractivity contribution in [1.29, 1.82) is 0 Å². The minimum absolute atomic E-state index is 0.00598. The van der Waals surface area contributed by atoms with E-state index < -0.39 is 11.5 Å². The molecule has 3 atom stereocenters. The van der Waals surface area contributed by atoms with Gasteiger partial charge in [0, 0.05) is 19.0 Å². The van der Waals surface area contributed by atoms with Gasteiger partial charge in [0.25, 0.3) is 5.91 Å². The van der Waals surface area contributed by atoms with Crippen LogP contribution >= 0.6 is 0 Å². The lowest BCUT2D eigenvalue weighted by atomic mass is 9.63. The second-order valence-corrected chi connectivity index (χ2v) is 8.00. The average molecular weight is 315 g/mol. The number of Topliss-reactive ketones (excluding diaryl/α,β-unsaturated/α-hetero) is 1. The van der Waals surface area contributed by atoms with Gasteiger partial charge in [0.1, 0.15) is 5.78 Å². The summed E-state index contributed by atoms with van der Waals surface area (Å²) in [6.07, 6.45) is 1.83. The summed E-state index contributed by atoms with van der Waals surface area (Å²) in [5.74, 6) is -0.711. The van der Waals surface area contributed by atoms with Crippen LogP contribution in [0.25, 0.3) is 0 Å². The Kier molecular flexibility index (Phi) is 3.64. The molecular weight excluding hydrogens is 290 g/mol. The van der Waals surface area contributed by atoms with E-state index in [0.717, 1.165) is 6.42 Å². The van der Waals surface area contributed by atoms with E-state index >= 15 is 0 Å². The molecule has 4 heteroatoms. The van der Waals surface area contributed by atoms with Gasteiger partial charge in [-0.05, 0) is 30.2 Å².